The normalized spacial score (nSPS) is 19.7. The second kappa shape index (κ2) is 7.53. The minimum Gasteiger partial charge on any atom is -0.469 e. The molecule has 5 rings (SSSR count). The SMILES string of the molecule is CC(=O)C1C=C(c2nccnc2OC2CN(c3nc4ccccc4s3)C2)CCN1. The van der Waals surface area contributed by atoms with Gasteiger partial charge < -0.3 is 15.0 Å². The van der Waals surface area contributed by atoms with Gasteiger partial charge in [0.15, 0.2) is 10.9 Å². The van der Waals surface area contributed by atoms with Crippen molar-refractivity contribution in [1.29, 1.82) is 0 Å². The second-order valence-corrected chi connectivity index (χ2v) is 8.31. The average Bonchev–Trinajstić information content (AvgIpc) is 3.14. The van der Waals surface area contributed by atoms with E-state index in [1.165, 1.54) is 4.70 Å². The zero-order valence-electron chi connectivity index (χ0n) is 16.0. The summed E-state index contributed by atoms with van der Waals surface area (Å²) in [5, 5.41) is 4.23. The summed E-state index contributed by atoms with van der Waals surface area (Å²) >= 11 is 1.70. The predicted molar refractivity (Wildman–Crippen MR) is 113 cm³/mol. The van der Waals surface area contributed by atoms with E-state index < -0.39 is 0 Å². The molecular weight excluding hydrogens is 386 g/mol. The van der Waals surface area contributed by atoms with Crippen LogP contribution in [0.1, 0.15) is 19.0 Å². The average molecular weight is 407 g/mol. The van der Waals surface area contributed by atoms with Crippen LogP contribution in [0.2, 0.25) is 0 Å². The summed E-state index contributed by atoms with van der Waals surface area (Å²) in [6.07, 6.45) is 6.09. The van der Waals surface area contributed by atoms with E-state index in [1.54, 1.807) is 30.7 Å². The summed E-state index contributed by atoms with van der Waals surface area (Å²) in [6.45, 7) is 3.87. The molecule has 1 aromatic carbocycles. The van der Waals surface area contributed by atoms with E-state index in [9.17, 15) is 4.79 Å². The summed E-state index contributed by atoms with van der Waals surface area (Å²) in [7, 11) is 0. The lowest BCUT2D eigenvalue weighted by atomic mass is 9.99. The maximum Gasteiger partial charge on any atom is 0.240 e. The van der Waals surface area contributed by atoms with Gasteiger partial charge in [0.05, 0.1) is 29.3 Å². The summed E-state index contributed by atoms with van der Waals surface area (Å²) in [5.41, 5.74) is 2.78. The van der Waals surface area contributed by atoms with Crippen molar-refractivity contribution in [3.63, 3.8) is 0 Å². The van der Waals surface area contributed by atoms with Gasteiger partial charge in [-0.3, -0.25) is 4.79 Å². The molecule has 0 saturated carbocycles. The number of ketones is 1. The zero-order chi connectivity index (χ0) is 19.8. The fourth-order valence-corrected chi connectivity index (χ4v) is 4.60. The van der Waals surface area contributed by atoms with Gasteiger partial charge in [-0.1, -0.05) is 29.5 Å². The highest BCUT2D eigenvalue weighted by atomic mass is 32.1. The third kappa shape index (κ3) is 3.61. The van der Waals surface area contributed by atoms with Gasteiger partial charge in [-0.25, -0.2) is 15.0 Å². The van der Waals surface area contributed by atoms with Crippen LogP contribution in [-0.4, -0.2) is 52.5 Å². The number of hydrogen-bond acceptors (Lipinski definition) is 8. The lowest BCUT2D eigenvalue weighted by Crippen LogP contribution is -2.54. The van der Waals surface area contributed by atoms with Gasteiger partial charge in [0.1, 0.15) is 11.8 Å². The first-order valence-electron chi connectivity index (χ1n) is 9.70. The zero-order valence-corrected chi connectivity index (χ0v) is 16.9. The summed E-state index contributed by atoms with van der Waals surface area (Å²) in [5.74, 6) is 0.635. The number of nitrogens with one attached hydrogen (secondary N) is 1. The number of anilines is 1. The van der Waals surface area contributed by atoms with Crippen LogP contribution in [-0.2, 0) is 4.79 Å². The van der Waals surface area contributed by atoms with Gasteiger partial charge in [0.25, 0.3) is 0 Å². The molecule has 0 radical (unpaired) electrons. The van der Waals surface area contributed by atoms with Crippen molar-refractivity contribution in [3.05, 3.63) is 48.4 Å². The van der Waals surface area contributed by atoms with Crippen molar-refractivity contribution < 1.29 is 9.53 Å². The minimum atomic E-state index is -0.271. The van der Waals surface area contributed by atoms with Crippen LogP contribution in [0.4, 0.5) is 5.13 Å². The Balaban J connectivity index is 1.29. The third-order valence-corrected chi connectivity index (χ3v) is 6.31. The minimum absolute atomic E-state index is 0.0448. The van der Waals surface area contributed by atoms with Crippen LogP contribution >= 0.6 is 11.3 Å². The molecule has 2 aliphatic heterocycles. The van der Waals surface area contributed by atoms with Crippen LogP contribution in [0.5, 0.6) is 5.88 Å². The van der Waals surface area contributed by atoms with Gasteiger partial charge in [-0.2, -0.15) is 0 Å². The van der Waals surface area contributed by atoms with E-state index in [2.05, 4.69) is 26.3 Å². The third-order valence-electron chi connectivity index (χ3n) is 5.21. The van der Waals surface area contributed by atoms with Crippen molar-refractivity contribution in [2.75, 3.05) is 24.5 Å². The Morgan fingerprint density at radius 3 is 2.90 bits per heavy atom. The molecule has 8 heteroatoms. The Morgan fingerprint density at radius 2 is 2.07 bits per heavy atom. The number of hydrogen-bond donors (Lipinski definition) is 1. The number of ether oxygens (including phenoxy) is 1. The molecule has 1 atom stereocenters. The highest BCUT2D eigenvalue weighted by Gasteiger charge is 2.32. The summed E-state index contributed by atoms with van der Waals surface area (Å²) < 4.78 is 7.37. The van der Waals surface area contributed by atoms with Crippen molar-refractivity contribution in [2.24, 2.45) is 0 Å². The maximum absolute atomic E-state index is 11.7. The van der Waals surface area contributed by atoms with Crippen molar-refractivity contribution >= 4 is 38.0 Å². The summed E-state index contributed by atoms with van der Waals surface area (Å²) in [4.78, 5) is 27.6. The molecule has 1 fully saturated rings. The van der Waals surface area contributed by atoms with Crippen molar-refractivity contribution in [1.82, 2.24) is 20.3 Å². The van der Waals surface area contributed by atoms with E-state index >= 15 is 0 Å². The van der Waals surface area contributed by atoms with Crippen LogP contribution < -0.4 is 15.0 Å². The number of thiazole rings is 1. The lowest BCUT2D eigenvalue weighted by Gasteiger charge is -2.38. The van der Waals surface area contributed by atoms with Gasteiger partial charge >= 0.3 is 0 Å². The highest BCUT2D eigenvalue weighted by molar-refractivity contribution is 7.22. The second-order valence-electron chi connectivity index (χ2n) is 7.30. The molecule has 2 aliphatic rings. The van der Waals surface area contributed by atoms with Crippen molar-refractivity contribution in [2.45, 2.75) is 25.5 Å². The number of Topliss-reactive ketones (excluding diaryl/α,β-unsaturated/α-hetero) is 1. The molecule has 29 heavy (non-hydrogen) atoms. The molecule has 148 valence electrons. The monoisotopic (exact) mass is 407 g/mol. The Bertz CT molecular complexity index is 1060. The number of aromatic nitrogens is 3. The number of carbonyl (C=O) groups is 1. The number of para-hydroxylation sites is 1. The van der Waals surface area contributed by atoms with Crippen LogP contribution in [0.15, 0.2) is 42.7 Å². The fourth-order valence-electron chi connectivity index (χ4n) is 3.62. The van der Waals surface area contributed by atoms with Gasteiger partial charge in [-0.05, 0) is 31.1 Å². The highest BCUT2D eigenvalue weighted by Crippen LogP contribution is 2.33. The molecule has 0 amide bonds. The molecule has 0 aliphatic carbocycles. The molecule has 1 saturated heterocycles. The van der Waals surface area contributed by atoms with E-state index in [0.717, 1.165) is 48.0 Å². The molecule has 4 heterocycles. The fraction of sp³-hybridized carbons (Fsp3) is 0.333. The smallest absolute Gasteiger partial charge is 0.240 e. The molecular formula is C21H21N5O2S. The maximum atomic E-state index is 11.7. The van der Waals surface area contributed by atoms with Crippen molar-refractivity contribution in [3.8, 4) is 5.88 Å². The van der Waals surface area contributed by atoms with E-state index in [0.29, 0.717) is 5.88 Å². The van der Waals surface area contributed by atoms with Crippen LogP contribution in [0.3, 0.4) is 0 Å². The van der Waals surface area contributed by atoms with Gasteiger partial charge in [-0.15, -0.1) is 0 Å². The van der Waals surface area contributed by atoms with E-state index in [1.807, 2.05) is 24.3 Å². The van der Waals surface area contributed by atoms with Crippen LogP contribution in [0.25, 0.3) is 15.8 Å². The molecule has 1 unspecified atom stereocenters. The first kappa shape index (κ1) is 18.2. The topological polar surface area (TPSA) is 80.2 Å². The van der Waals surface area contributed by atoms with E-state index in [4.69, 9.17) is 9.72 Å². The molecule has 0 bridgehead atoms. The molecule has 1 N–H and O–H groups in total. The molecule has 7 nitrogen and oxygen atoms in total. The number of nitrogens with zero attached hydrogens (tertiary/aromatic N) is 4. The van der Waals surface area contributed by atoms with Crippen LogP contribution in [0, 0.1) is 0 Å². The number of fused-ring (bicyclic) bond motifs is 1. The first-order valence-corrected chi connectivity index (χ1v) is 10.5. The standard InChI is InChI=1S/C21H21N5O2S/c1-13(27)17-10-14(6-7-22-17)19-20(24-9-8-23-19)28-15-11-26(12-15)21-25-16-4-2-3-5-18(16)29-21/h2-5,8-10,15,17,22H,6-7,11-12H2,1H3. The quantitative estimate of drug-likeness (QED) is 0.696. The lowest BCUT2D eigenvalue weighted by molar-refractivity contribution is -0.117. The largest absolute Gasteiger partial charge is 0.469 e. The van der Waals surface area contributed by atoms with Gasteiger partial charge in [0.2, 0.25) is 5.88 Å². The Hall–Kier alpha value is -2.84. The first-order chi connectivity index (χ1) is 14.2. The van der Waals surface area contributed by atoms with Gasteiger partial charge in [0, 0.05) is 18.9 Å². The summed E-state index contributed by atoms with van der Waals surface area (Å²) in [6, 6.07) is 7.91. The van der Waals surface area contributed by atoms with E-state index in [-0.39, 0.29) is 17.9 Å². The molecule has 2 aromatic heterocycles. The Morgan fingerprint density at radius 1 is 1.24 bits per heavy atom. The number of rotatable bonds is 5. The predicted octanol–water partition coefficient (Wildman–Crippen LogP) is 2.69. The molecule has 0 spiro atoms. The Labute approximate surface area is 172 Å². The number of carbonyl (C=O) groups excluding carboxylic acids is 1. The number of benzene rings is 1. The Kier molecular flexibility index (Phi) is 4.73. The molecule has 3 aromatic rings.